The molecule has 1 heterocycles. The molecule has 0 saturated carbocycles. The first-order chi connectivity index (χ1) is 7.70. The Balaban J connectivity index is 2.24. The van der Waals surface area contributed by atoms with Crippen molar-refractivity contribution in [3.05, 3.63) is 49.9 Å². The first-order valence-corrected chi connectivity index (χ1v) is 6.70. The molecule has 0 atom stereocenters. The van der Waals surface area contributed by atoms with Crippen LogP contribution in [0.3, 0.4) is 0 Å². The molecule has 0 unspecified atom stereocenters. The minimum absolute atomic E-state index is 0.583. The molecule has 84 valence electrons. The van der Waals surface area contributed by atoms with Crippen LogP contribution in [0.4, 0.5) is 0 Å². The molecule has 2 N–H and O–H groups in total. The van der Waals surface area contributed by atoms with E-state index >= 15 is 0 Å². The van der Waals surface area contributed by atoms with E-state index in [2.05, 4.69) is 33.0 Å². The minimum Gasteiger partial charge on any atom is -0.326 e. The third kappa shape index (κ3) is 2.51. The van der Waals surface area contributed by atoms with Gasteiger partial charge in [-0.3, -0.25) is 0 Å². The highest BCUT2D eigenvalue weighted by Gasteiger charge is 2.08. The lowest BCUT2D eigenvalue weighted by atomic mass is 10.2. The van der Waals surface area contributed by atoms with Crippen LogP contribution in [-0.2, 0) is 13.0 Å². The molecule has 0 aliphatic rings. The van der Waals surface area contributed by atoms with Gasteiger partial charge in [-0.2, -0.15) is 0 Å². The van der Waals surface area contributed by atoms with Crippen LogP contribution in [0.15, 0.2) is 28.7 Å². The molecule has 0 bridgehead atoms. The molecule has 2 rings (SSSR count). The Labute approximate surface area is 108 Å². The Morgan fingerprint density at radius 3 is 2.75 bits per heavy atom. The van der Waals surface area contributed by atoms with Gasteiger partial charge in [-0.15, -0.1) is 11.3 Å². The van der Waals surface area contributed by atoms with Crippen molar-refractivity contribution in [3.63, 3.8) is 0 Å². The minimum atomic E-state index is 0.583. The van der Waals surface area contributed by atoms with Gasteiger partial charge in [0.25, 0.3) is 0 Å². The Hall–Kier alpha value is -0.710. The number of nitrogens with zero attached hydrogens (tertiary/aromatic N) is 1. The zero-order valence-electron chi connectivity index (χ0n) is 9.03. The van der Waals surface area contributed by atoms with E-state index in [1.165, 1.54) is 10.4 Å². The molecule has 0 amide bonds. The predicted octanol–water partition coefficient (Wildman–Crippen LogP) is 3.26. The van der Waals surface area contributed by atoms with Crippen LogP contribution in [0.1, 0.15) is 21.1 Å². The maximum atomic E-state index is 5.65. The molecule has 0 spiro atoms. The van der Waals surface area contributed by atoms with Gasteiger partial charge in [-0.05, 0) is 18.6 Å². The van der Waals surface area contributed by atoms with Gasteiger partial charge in [-0.1, -0.05) is 34.1 Å². The van der Waals surface area contributed by atoms with Crippen LogP contribution in [0, 0.1) is 6.92 Å². The van der Waals surface area contributed by atoms with Crippen LogP contribution in [0.2, 0.25) is 0 Å². The monoisotopic (exact) mass is 296 g/mol. The average Bonchev–Trinajstić information content (AvgIpc) is 2.62. The molecule has 1 aromatic carbocycles. The molecule has 0 fully saturated rings. The lowest BCUT2D eigenvalue weighted by Gasteiger charge is -2.00. The van der Waals surface area contributed by atoms with Crippen molar-refractivity contribution in [3.8, 4) is 0 Å². The molecular formula is C12H13BrN2S. The third-order valence-electron chi connectivity index (χ3n) is 2.42. The molecule has 1 aromatic heterocycles. The Bertz CT molecular complexity index is 494. The van der Waals surface area contributed by atoms with Crippen LogP contribution >= 0.6 is 27.3 Å². The number of nitrogens with two attached hydrogens (primary N) is 1. The summed E-state index contributed by atoms with van der Waals surface area (Å²) in [5.41, 5.74) is 7.98. The fourth-order valence-electron chi connectivity index (χ4n) is 1.56. The summed E-state index contributed by atoms with van der Waals surface area (Å²) in [4.78, 5) is 5.72. The van der Waals surface area contributed by atoms with Crippen LogP contribution in [-0.4, -0.2) is 4.98 Å². The number of thiazole rings is 1. The first kappa shape index (κ1) is 11.8. The zero-order chi connectivity index (χ0) is 11.5. The van der Waals surface area contributed by atoms with Crippen molar-refractivity contribution in [1.82, 2.24) is 4.98 Å². The zero-order valence-corrected chi connectivity index (χ0v) is 11.4. The predicted molar refractivity (Wildman–Crippen MR) is 71.7 cm³/mol. The molecule has 2 nitrogen and oxygen atoms in total. The molecule has 16 heavy (non-hydrogen) atoms. The number of benzene rings is 1. The van der Waals surface area contributed by atoms with E-state index in [0.717, 1.165) is 21.6 Å². The lowest BCUT2D eigenvalue weighted by molar-refractivity contribution is 1.04. The smallest absolute Gasteiger partial charge is 0.0975 e. The van der Waals surface area contributed by atoms with Gasteiger partial charge < -0.3 is 5.73 Å². The maximum absolute atomic E-state index is 5.65. The Kier molecular flexibility index (Phi) is 3.74. The van der Waals surface area contributed by atoms with E-state index in [9.17, 15) is 0 Å². The van der Waals surface area contributed by atoms with Crippen molar-refractivity contribution in [2.45, 2.75) is 19.9 Å². The first-order valence-electron chi connectivity index (χ1n) is 5.09. The molecular weight excluding hydrogens is 284 g/mol. The highest BCUT2D eigenvalue weighted by atomic mass is 79.9. The normalized spacial score (nSPS) is 10.7. The number of aromatic nitrogens is 1. The van der Waals surface area contributed by atoms with Crippen molar-refractivity contribution >= 4 is 27.3 Å². The van der Waals surface area contributed by atoms with Gasteiger partial charge >= 0.3 is 0 Å². The van der Waals surface area contributed by atoms with Gasteiger partial charge in [0.05, 0.1) is 10.7 Å². The molecule has 0 aliphatic heterocycles. The van der Waals surface area contributed by atoms with E-state index in [1.54, 1.807) is 11.3 Å². The average molecular weight is 297 g/mol. The second-order valence-corrected chi connectivity index (χ2v) is 5.61. The van der Waals surface area contributed by atoms with Crippen LogP contribution in [0.25, 0.3) is 0 Å². The van der Waals surface area contributed by atoms with Crippen molar-refractivity contribution in [2.75, 3.05) is 0 Å². The maximum Gasteiger partial charge on any atom is 0.0975 e. The Morgan fingerprint density at radius 1 is 1.38 bits per heavy atom. The summed E-state index contributed by atoms with van der Waals surface area (Å²) in [5.74, 6) is 0. The van der Waals surface area contributed by atoms with Gasteiger partial charge in [0.1, 0.15) is 0 Å². The van der Waals surface area contributed by atoms with Gasteiger partial charge in [-0.25, -0.2) is 4.98 Å². The summed E-state index contributed by atoms with van der Waals surface area (Å²) >= 11 is 5.25. The summed E-state index contributed by atoms with van der Waals surface area (Å²) in [6.07, 6.45) is 0.868. The largest absolute Gasteiger partial charge is 0.326 e. The second-order valence-electron chi connectivity index (χ2n) is 3.59. The molecule has 4 heteroatoms. The van der Waals surface area contributed by atoms with E-state index < -0.39 is 0 Å². The summed E-state index contributed by atoms with van der Waals surface area (Å²) in [7, 11) is 0. The number of hydrogen-bond acceptors (Lipinski definition) is 3. The quantitative estimate of drug-likeness (QED) is 0.944. The van der Waals surface area contributed by atoms with E-state index in [0.29, 0.717) is 6.54 Å². The summed E-state index contributed by atoms with van der Waals surface area (Å²) < 4.78 is 1.14. The van der Waals surface area contributed by atoms with E-state index in [-0.39, 0.29) is 0 Å². The fraction of sp³-hybridized carbons (Fsp3) is 0.250. The fourth-order valence-corrected chi connectivity index (χ4v) is 2.95. The molecule has 0 aliphatic carbocycles. The number of hydrogen-bond donors (Lipinski definition) is 1. The van der Waals surface area contributed by atoms with Crippen molar-refractivity contribution < 1.29 is 0 Å². The molecule has 2 aromatic rings. The highest BCUT2D eigenvalue weighted by Crippen LogP contribution is 2.23. The van der Waals surface area contributed by atoms with Crippen molar-refractivity contribution in [2.24, 2.45) is 5.73 Å². The summed E-state index contributed by atoms with van der Waals surface area (Å²) in [6.45, 7) is 2.60. The highest BCUT2D eigenvalue weighted by molar-refractivity contribution is 9.10. The topological polar surface area (TPSA) is 38.9 Å². The van der Waals surface area contributed by atoms with Gasteiger partial charge in [0, 0.05) is 22.3 Å². The van der Waals surface area contributed by atoms with E-state index in [4.69, 9.17) is 5.73 Å². The number of rotatable bonds is 3. The van der Waals surface area contributed by atoms with Gasteiger partial charge in [0.2, 0.25) is 0 Å². The van der Waals surface area contributed by atoms with Gasteiger partial charge in [0.15, 0.2) is 0 Å². The second kappa shape index (κ2) is 5.08. The number of halogens is 1. The van der Waals surface area contributed by atoms with E-state index in [1.807, 2.05) is 19.1 Å². The Morgan fingerprint density at radius 2 is 2.12 bits per heavy atom. The number of aryl methyl sites for hydroxylation is 1. The SMILES string of the molecule is Cc1nc(Cc2ccccc2Br)sc1CN. The summed E-state index contributed by atoms with van der Waals surface area (Å²) in [6, 6.07) is 8.24. The van der Waals surface area contributed by atoms with Crippen molar-refractivity contribution in [1.29, 1.82) is 0 Å². The standard InChI is InChI=1S/C12H13BrN2S/c1-8-11(7-14)16-12(15-8)6-9-4-2-3-5-10(9)13/h2-5H,6-7,14H2,1H3. The molecule has 0 saturated heterocycles. The molecule has 0 radical (unpaired) electrons. The van der Waals surface area contributed by atoms with Crippen LogP contribution < -0.4 is 5.73 Å². The third-order valence-corrected chi connectivity index (χ3v) is 4.38. The lowest BCUT2D eigenvalue weighted by Crippen LogP contribution is -1.94. The summed E-state index contributed by atoms with van der Waals surface area (Å²) in [5, 5.41) is 1.13. The van der Waals surface area contributed by atoms with Crippen LogP contribution in [0.5, 0.6) is 0 Å².